The number of piperidine rings is 1. The minimum absolute atomic E-state index is 0.154. The Kier molecular flexibility index (Phi) is 5.14. The van der Waals surface area contributed by atoms with Gasteiger partial charge in [0.05, 0.1) is 12.0 Å². The molecular formula is C20H23F2N3O4. The number of likely N-dealkylation sites (tertiary alicyclic amines) is 1. The summed E-state index contributed by atoms with van der Waals surface area (Å²) in [5.41, 5.74) is -0.759. The lowest BCUT2D eigenvalue weighted by molar-refractivity contribution is -0.0568. The maximum atomic E-state index is 14.1. The molecule has 0 aromatic heterocycles. The van der Waals surface area contributed by atoms with Crippen molar-refractivity contribution in [2.45, 2.75) is 44.6 Å². The number of ether oxygens (including phenoxy) is 1. The molecule has 2 amide bonds. The lowest BCUT2D eigenvalue weighted by atomic mass is 9.88. The van der Waals surface area contributed by atoms with Gasteiger partial charge in [-0.1, -0.05) is 11.2 Å². The van der Waals surface area contributed by atoms with Crippen LogP contribution >= 0.6 is 0 Å². The molecule has 1 N–H and O–H groups in total. The highest BCUT2D eigenvalue weighted by Gasteiger charge is 2.44. The van der Waals surface area contributed by atoms with Crippen LogP contribution in [0, 0.1) is 24.5 Å². The average molecular weight is 407 g/mol. The van der Waals surface area contributed by atoms with Crippen LogP contribution in [0.3, 0.4) is 0 Å². The zero-order valence-corrected chi connectivity index (χ0v) is 16.2. The maximum Gasteiger partial charge on any atom is 0.413 e. The van der Waals surface area contributed by atoms with Gasteiger partial charge in [-0.3, -0.25) is 4.79 Å². The Hall–Kier alpha value is -2.71. The van der Waals surface area contributed by atoms with E-state index < -0.39 is 29.2 Å². The Morgan fingerprint density at radius 1 is 1.28 bits per heavy atom. The number of carbonyl (C=O) groups is 2. The molecule has 7 nitrogen and oxygen atoms in total. The van der Waals surface area contributed by atoms with Crippen molar-refractivity contribution >= 4 is 17.9 Å². The fourth-order valence-corrected chi connectivity index (χ4v) is 3.60. The van der Waals surface area contributed by atoms with Crippen LogP contribution in [0.25, 0.3) is 0 Å². The second-order valence-electron chi connectivity index (χ2n) is 8.00. The summed E-state index contributed by atoms with van der Waals surface area (Å²) in [6.45, 7) is 2.67. The Labute approximate surface area is 167 Å². The number of halogens is 2. The first kappa shape index (κ1) is 19.6. The summed E-state index contributed by atoms with van der Waals surface area (Å²) in [6, 6.07) is 2.70. The second-order valence-corrected chi connectivity index (χ2v) is 8.00. The zero-order valence-electron chi connectivity index (χ0n) is 16.2. The van der Waals surface area contributed by atoms with E-state index in [9.17, 15) is 18.4 Å². The number of amides is 2. The summed E-state index contributed by atoms with van der Waals surface area (Å²) in [6.07, 6.45) is 2.95. The Bertz CT molecular complexity index is 862. The molecule has 3 aliphatic rings. The first-order valence-corrected chi connectivity index (χ1v) is 9.81. The standard InChI is InChI=1S/C20H23F2N3O4/c1-12-2-5-14(17(22)16(12)21)18(26)25-8-6-20(7-9-25)10-15(24-29-20)28-19(27)23-11-13-3-4-13/h2,5,13H,3-4,6-11H2,1H3,(H,23,27). The zero-order chi connectivity index (χ0) is 20.6. The third kappa shape index (κ3) is 4.18. The van der Waals surface area contributed by atoms with E-state index >= 15 is 0 Å². The predicted octanol–water partition coefficient (Wildman–Crippen LogP) is 3.12. The van der Waals surface area contributed by atoms with E-state index in [0.29, 0.717) is 44.8 Å². The number of alkyl carbamates (subject to hydrolysis) is 1. The van der Waals surface area contributed by atoms with Gasteiger partial charge in [0, 0.05) is 32.5 Å². The van der Waals surface area contributed by atoms with Crippen molar-refractivity contribution in [1.82, 2.24) is 10.2 Å². The number of nitrogens with one attached hydrogen (secondary N) is 1. The van der Waals surface area contributed by atoms with E-state index in [1.54, 1.807) is 0 Å². The molecule has 1 spiro atoms. The maximum absolute atomic E-state index is 14.1. The molecule has 1 saturated carbocycles. The summed E-state index contributed by atoms with van der Waals surface area (Å²) in [4.78, 5) is 31.4. The first-order chi connectivity index (χ1) is 13.9. The van der Waals surface area contributed by atoms with Gasteiger partial charge in [0.1, 0.15) is 5.60 Å². The Morgan fingerprint density at radius 3 is 2.69 bits per heavy atom. The predicted molar refractivity (Wildman–Crippen MR) is 99.3 cm³/mol. The quantitative estimate of drug-likeness (QED) is 0.835. The number of oxime groups is 1. The van der Waals surface area contributed by atoms with Crippen LogP contribution in [-0.2, 0) is 9.57 Å². The van der Waals surface area contributed by atoms with E-state index in [0.717, 1.165) is 12.8 Å². The number of nitrogens with zero attached hydrogens (tertiary/aromatic N) is 2. The number of carbonyl (C=O) groups excluding carboxylic acids is 2. The van der Waals surface area contributed by atoms with Gasteiger partial charge in [0.25, 0.3) is 5.91 Å². The number of hydrogen-bond donors (Lipinski definition) is 1. The molecule has 0 atom stereocenters. The number of hydrogen-bond acceptors (Lipinski definition) is 5. The third-order valence-corrected chi connectivity index (χ3v) is 5.72. The Morgan fingerprint density at radius 2 is 2.00 bits per heavy atom. The van der Waals surface area contributed by atoms with Crippen LogP contribution in [0.15, 0.2) is 17.3 Å². The van der Waals surface area contributed by atoms with Gasteiger partial charge < -0.3 is 19.8 Å². The fourth-order valence-electron chi connectivity index (χ4n) is 3.60. The summed E-state index contributed by atoms with van der Waals surface area (Å²) in [5, 5.41) is 6.58. The van der Waals surface area contributed by atoms with Gasteiger partial charge in [-0.15, -0.1) is 0 Å². The van der Waals surface area contributed by atoms with Gasteiger partial charge in [-0.05, 0) is 37.3 Å². The van der Waals surface area contributed by atoms with E-state index in [2.05, 4.69) is 10.5 Å². The second kappa shape index (κ2) is 7.61. The van der Waals surface area contributed by atoms with Crippen molar-refractivity contribution in [1.29, 1.82) is 0 Å². The lowest BCUT2D eigenvalue weighted by Crippen LogP contribution is -2.47. The summed E-state index contributed by atoms with van der Waals surface area (Å²) in [5.74, 6) is -1.91. The monoisotopic (exact) mass is 407 g/mol. The molecule has 29 heavy (non-hydrogen) atoms. The summed E-state index contributed by atoms with van der Waals surface area (Å²) in [7, 11) is 0. The van der Waals surface area contributed by atoms with Crippen LogP contribution in [0.2, 0.25) is 0 Å². The van der Waals surface area contributed by atoms with Crippen LogP contribution in [0.5, 0.6) is 0 Å². The molecule has 0 radical (unpaired) electrons. The highest BCUT2D eigenvalue weighted by atomic mass is 19.2. The van der Waals surface area contributed by atoms with Gasteiger partial charge in [0.2, 0.25) is 5.90 Å². The van der Waals surface area contributed by atoms with Crippen LogP contribution in [0.4, 0.5) is 13.6 Å². The molecule has 1 aromatic carbocycles. The molecule has 1 aliphatic carbocycles. The van der Waals surface area contributed by atoms with Crippen molar-refractivity contribution in [3.8, 4) is 0 Å². The number of benzene rings is 1. The van der Waals surface area contributed by atoms with Crippen molar-refractivity contribution in [3.63, 3.8) is 0 Å². The van der Waals surface area contributed by atoms with Crippen molar-refractivity contribution < 1.29 is 27.9 Å². The minimum atomic E-state index is -1.12. The minimum Gasteiger partial charge on any atom is -0.392 e. The largest absolute Gasteiger partial charge is 0.413 e. The molecular weight excluding hydrogens is 384 g/mol. The molecule has 2 heterocycles. The summed E-state index contributed by atoms with van der Waals surface area (Å²) < 4.78 is 33.1. The van der Waals surface area contributed by atoms with Gasteiger partial charge in [-0.25, -0.2) is 13.6 Å². The van der Waals surface area contributed by atoms with Gasteiger partial charge in [-0.2, -0.15) is 0 Å². The smallest absolute Gasteiger partial charge is 0.392 e. The molecule has 4 rings (SSSR count). The van der Waals surface area contributed by atoms with Crippen LogP contribution in [0.1, 0.15) is 48.0 Å². The van der Waals surface area contributed by atoms with E-state index in [1.807, 2.05) is 0 Å². The van der Waals surface area contributed by atoms with Crippen molar-refractivity contribution in [3.05, 3.63) is 34.9 Å². The molecule has 156 valence electrons. The Balaban J connectivity index is 1.30. The average Bonchev–Trinajstić information content (AvgIpc) is 3.47. The number of rotatable bonds is 3. The van der Waals surface area contributed by atoms with E-state index in [1.165, 1.54) is 24.0 Å². The number of aryl methyl sites for hydroxylation is 1. The first-order valence-electron chi connectivity index (χ1n) is 9.81. The van der Waals surface area contributed by atoms with E-state index in [4.69, 9.17) is 9.57 Å². The van der Waals surface area contributed by atoms with Crippen molar-refractivity contribution in [2.24, 2.45) is 11.1 Å². The SMILES string of the molecule is Cc1ccc(C(=O)N2CCC3(CC2)CC(OC(=O)NCC2CC2)=NO3)c(F)c1F. The fraction of sp³-hybridized carbons (Fsp3) is 0.550. The topological polar surface area (TPSA) is 80.2 Å². The molecule has 1 saturated heterocycles. The molecule has 0 unspecified atom stereocenters. The molecule has 9 heteroatoms. The van der Waals surface area contributed by atoms with Gasteiger partial charge >= 0.3 is 6.09 Å². The van der Waals surface area contributed by atoms with Crippen LogP contribution in [-0.4, -0.2) is 48.0 Å². The van der Waals surface area contributed by atoms with Gasteiger partial charge in [0.15, 0.2) is 11.6 Å². The highest BCUT2D eigenvalue weighted by Crippen LogP contribution is 2.35. The third-order valence-electron chi connectivity index (χ3n) is 5.72. The van der Waals surface area contributed by atoms with Crippen LogP contribution < -0.4 is 5.32 Å². The molecule has 2 fully saturated rings. The highest BCUT2D eigenvalue weighted by molar-refractivity contribution is 5.94. The van der Waals surface area contributed by atoms with E-state index in [-0.39, 0.29) is 17.0 Å². The van der Waals surface area contributed by atoms with Crippen molar-refractivity contribution in [2.75, 3.05) is 19.6 Å². The molecule has 0 bridgehead atoms. The normalized spacial score (nSPS) is 20.2. The molecule has 2 aliphatic heterocycles. The molecule has 1 aromatic rings. The summed E-state index contributed by atoms with van der Waals surface area (Å²) >= 11 is 0. The lowest BCUT2D eigenvalue weighted by Gasteiger charge is -2.37.